The van der Waals surface area contributed by atoms with Crippen LogP contribution in [-0.2, 0) is 5.41 Å². The number of fused-ring (bicyclic) bond motifs is 1. The lowest BCUT2D eigenvalue weighted by molar-refractivity contribution is -0.0343. The van der Waals surface area contributed by atoms with E-state index in [0.29, 0.717) is 16.9 Å². The molecule has 0 unspecified atom stereocenters. The predicted octanol–water partition coefficient (Wildman–Crippen LogP) is 0.758. The number of aromatic nitrogens is 4. The molecular weight excluding hydrogens is 190 g/mol. The van der Waals surface area contributed by atoms with Crippen LogP contribution >= 0.6 is 0 Å². The van der Waals surface area contributed by atoms with Gasteiger partial charge in [0.25, 0.3) is 0 Å². The van der Waals surface area contributed by atoms with Gasteiger partial charge in [-0.05, 0) is 25.2 Å². The van der Waals surface area contributed by atoms with Crippen LogP contribution in [0.4, 0.5) is 5.82 Å². The Hall–Kier alpha value is -1.65. The molecule has 2 aromatic heterocycles. The molecule has 2 bridgehead atoms. The SMILES string of the molecule is Nc1nccn2nc(C34CC(C3)C4)nc12. The topological polar surface area (TPSA) is 69.1 Å². The van der Waals surface area contributed by atoms with Crippen LogP contribution in [-0.4, -0.2) is 19.6 Å². The van der Waals surface area contributed by atoms with E-state index in [9.17, 15) is 0 Å². The monoisotopic (exact) mass is 201 g/mol. The molecule has 0 saturated heterocycles. The Morgan fingerprint density at radius 3 is 2.80 bits per heavy atom. The summed E-state index contributed by atoms with van der Waals surface area (Å²) in [6.07, 6.45) is 7.24. The molecule has 15 heavy (non-hydrogen) atoms. The molecular formula is C10H11N5. The first-order valence-corrected chi connectivity index (χ1v) is 5.24. The molecule has 0 atom stereocenters. The minimum Gasteiger partial charge on any atom is -0.381 e. The van der Waals surface area contributed by atoms with Crippen molar-refractivity contribution in [3.05, 3.63) is 18.2 Å². The summed E-state index contributed by atoms with van der Waals surface area (Å²) < 4.78 is 1.73. The first kappa shape index (κ1) is 7.62. The highest BCUT2D eigenvalue weighted by Crippen LogP contribution is 2.64. The molecule has 3 aliphatic rings. The van der Waals surface area contributed by atoms with Crippen LogP contribution in [0.1, 0.15) is 25.1 Å². The van der Waals surface area contributed by atoms with Crippen LogP contribution in [0.3, 0.4) is 0 Å². The van der Waals surface area contributed by atoms with E-state index in [1.807, 2.05) is 0 Å². The van der Waals surface area contributed by atoms with Gasteiger partial charge in [0.15, 0.2) is 17.3 Å². The summed E-state index contributed by atoms with van der Waals surface area (Å²) in [5.41, 5.74) is 6.74. The molecule has 2 heterocycles. The highest BCUT2D eigenvalue weighted by atomic mass is 15.3. The highest BCUT2D eigenvalue weighted by molar-refractivity contribution is 5.58. The molecule has 5 rings (SSSR count). The maximum atomic E-state index is 5.75. The van der Waals surface area contributed by atoms with Gasteiger partial charge in [0, 0.05) is 17.8 Å². The van der Waals surface area contributed by atoms with Crippen LogP contribution in [0.15, 0.2) is 12.4 Å². The van der Waals surface area contributed by atoms with Gasteiger partial charge in [-0.15, -0.1) is 0 Å². The zero-order valence-corrected chi connectivity index (χ0v) is 8.22. The average Bonchev–Trinajstić information content (AvgIpc) is 2.43. The third-order valence-electron chi connectivity index (χ3n) is 3.79. The van der Waals surface area contributed by atoms with E-state index in [1.54, 1.807) is 16.9 Å². The summed E-state index contributed by atoms with van der Waals surface area (Å²) in [6, 6.07) is 0. The standard InChI is InChI=1S/C10H11N5/c11-7-8-13-9(10-3-6(4-10)5-10)14-15(8)2-1-12-7/h1-2,6H,3-5H2,(H2,11,12). The lowest BCUT2D eigenvalue weighted by Crippen LogP contribution is -2.55. The number of nitrogens with zero attached hydrogens (tertiary/aromatic N) is 4. The van der Waals surface area contributed by atoms with Gasteiger partial charge in [-0.3, -0.25) is 0 Å². The average molecular weight is 201 g/mol. The Labute approximate surface area is 86.3 Å². The van der Waals surface area contributed by atoms with Crippen LogP contribution in [0, 0.1) is 5.92 Å². The van der Waals surface area contributed by atoms with Crippen LogP contribution in [0.2, 0.25) is 0 Å². The molecule has 0 aliphatic heterocycles. The lowest BCUT2D eigenvalue weighted by atomic mass is 9.44. The molecule has 5 nitrogen and oxygen atoms in total. The van der Waals surface area contributed by atoms with E-state index in [1.165, 1.54) is 19.3 Å². The number of nitrogen functional groups attached to an aromatic ring is 1. The van der Waals surface area contributed by atoms with Gasteiger partial charge in [0.1, 0.15) is 0 Å². The number of nitrogens with two attached hydrogens (primary N) is 1. The van der Waals surface area contributed by atoms with E-state index in [2.05, 4.69) is 15.1 Å². The minimum absolute atomic E-state index is 0.295. The van der Waals surface area contributed by atoms with Crippen molar-refractivity contribution in [3.8, 4) is 0 Å². The van der Waals surface area contributed by atoms with E-state index >= 15 is 0 Å². The van der Waals surface area contributed by atoms with E-state index in [0.717, 1.165) is 11.7 Å². The third-order valence-corrected chi connectivity index (χ3v) is 3.79. The van der Waals surface area contributed by atoms with Crippen molar-refractivity contribution in [1.82, 2.24) is 19.6 Å². The Kier molecular flexibility index (Phi) is 1.08. The van der Waals surface area contributed by atoms with Crippen LogP contribution < -0.4 is 5.73 Å². The molecule has 0 spiro atoms. The predicted molar refractivity (Wildman–Crippen MR) is 54.2 cm³/mol. The fraction of sp³-hybridized carbons (Fsp3) is 0.500. The van der Waals surface area contributed by atoms with Gasteiger partial charge in [-0.1, -0.05) is 0 Å². The summed E-state index contributed by atoms with van der Waals surface area (Å²) in [7, 11) is 0. The third kappa shape index (κ3) is 0.774. The van der Waals surface area contributed by atoms with Gasteiger partial charge >= 0.3 is 0 Å². The lowest BCUT2D eigenvalue weighted by Gasteiger charge is -2.59. The van der Waals surface area contributed by atoms with Crippen LogP contribution in [0.5, 0.6) is 0 Å². The highest BCUT2D eigenvalue weighted by Gasteiger charge is 2.59. The summed E-state index contributed by atoms with van der Waals surface area (Å²) in [6.45, 7) is 0. The van der Waals surface area contributed by atoms with Gasteiger partial charge in [-0.25, -0.2) is 14.5 Å². The van der Waals surface area contributed by atoms with Crippen molar-refractivity contribution >= 4 is 11.5 Å². The van der Waals surface area contributed by atoms with Crippen molar-refractivity contribution < 1.29 is 0 Å². The first-order chi connectivity index (χ1) is 7.27. The van der Waals surface area contributed by atoms with E-state index in [-0.39, 0.29) is 0 Å². The van der Waals surface area contributed by atoms with Gasteiger partial charge in [0.2, 0.25) is 0 Å². The zero-order chi connectivity index (χ0) is 10.0. The second-order valence-corrected chi connectivity index (χ2v) is 4.77. The molecule has 3 aliphatic carbocycles. The fourth-order valence-electron chi connectivity index (χ4n) is 2.81. The molecule has 0 radical (unpaired) electrons. The number of rotatable bonds is 1. The Bertz CT molecular complexity index is 541. The van der Waals surface area contributed by atoms with E-state index in [4.69, 9.17) is 5.73 Å². The molecule has 76 valence electrons. The molecule has 5 heteroatoms. The van der Waals surface area contributed by atoms with Crippen molar-refractivity contribution in [2.45, 2.75) is 24.7 Å². The molecule has 3 fully saturated rings. The number of hydrogen-bond donors (Lipinski definition) is 1. The van der Waals surface area contributed by atoms with Crippen molar-refractivity contribution in [2.75, 3.05) is 5.73 Å². The van der Waals surface area contributed by atoms with Gasteiger partial charge < -0.3 is 5.73 Å². The largest absolute Gasteiger partial charge is 0.381 e. The normalized spacial score (nSPS) is 32.4. The van der Waals surface area contributed by atoms with Gasteiger partial charge in [0.05, 0.1) is 0 Å². The summed E-state index contributed by atoms with van der Waals surface area (Å²) in [5.74, 6) is 2.36. The number of anilines is 1. The molecule has 0 aromatic carbocycles. The number of hydrogen-bond acceptors (Lipinski definition) is 4. The second kappa shape index (κ2) is 2.13. The van der Waals surface area contributed by atoms with Crippen molar-refractivity contribution in [3.63, 3.8) is 0 Å². The Morgan fingerprint density at radius 1 is 1.40 bits per heavy atom. The summed E-state index contributed by atoms with van der Waals surface area (Å²) in [4.78, 5) is 8.52. The maximum absolute atomic E-state index is 5.75. The Morgan fingerprint density at radius 2 is 2.20 bits per heavy atom. The summed E-state index contributed by atoms with van der Waals surface area (Å²) >= 11 is 0. The smallest absolute Gasteiger partial charge is 0.198 e. The van der Waals surface area contributed by atoms with Gasteiger partial charge in [-0.2, -0.15) is 5.10 Å². The van der Waals surface area contributed by atoms with E-state index < -0.39 is 0 Å². The molecule has 0 amide bonds. The van der Waals surface area contributed by atoms with Crippen molar-refractivity contribution in [1.29, 1.82) is 0 Å². The fourth-order valence-corrected chi connectivity index (χ4v) is 2.81. The first-order valence-electron chi connectivity index (χ1n) is 5.24. The van der Waals surface area contributed by atoms with Crippen molar-refractivity contribution in [2.24, 2.45) is 5.92 Å². The quantitative estimate of drug-likeness (QED) is 0.739. The molecule has 2 N–H and O–H groups in total. The Balaban J connectivity index is 1.93. The second-order valence-electron chi connectivity index (χ2n) is 4.77. The minimum atomic E-state index is 0.295. The molecule has 3 saturated carbocycles. The zero-order valence-electron chi connectivity index (χ0n) is 8.22. The molecule has 2 aromatic rings. The summed E-state index contributed by atoms with van der Waals surface area (Å²) in [5, 5.41) is 4.49. The maximum Gasteiger partial charge on any atom is 0.198 e. The van der Waals surface area contributed by atoms with Crippen LogP contribution in [0.25, 0.3) is 5.65 Å².